The van der Waals surface area contributed by atoms with Crippen molar-refractivity contribution in [2.45, 2.75) is 58.5 Å². The van der Waals surface area contributed by atoms with Gasteiger partial charge in [0.25, 0.3) is 5.91 Å². The average molecular weight is 496 g/mol. The Morgan fingerprint density at radius 3 is 2.44 bits per heavy atom. The standard InChI is InChI=1S/C27H37N5O4/c1-19(2)36-26(34)22-17-32(18-27(3,4)24-23(22)28-29-30(24)5)25(33)20-9-11-21(12-10-20)35-16-15-31-13-7-6-8-14-31/h9-12,17,19H,6-8,13-16,18H2,1-5H3. The summed E-state index contributed by atoms with van der Waals surface area (Å²) in [4.78, 5) is 30.5. The van der Waals surface area contributed by atoms with Crippen molar-refractivity contribution in [3.05, 3.63) is 47.4 Å². The number of hydrogen-bond acceptors (Lipinski definition) is 7. The molecule has 0 atom stereocenters. The topological polar surface area (TPSA) is 89.8 Å². The fourth-order valence-electron chi connectivity index (χ4n) is 4.95. The lowest BCUT2D eigenvalue weighted by molar-refractivity contribution is -0.140. The van der Waals surface area contributed by atoms with Gasteiger partial charge in [-0.05, 0) is 64.0 Å². The highest BCUT2D eigenvalue weighted by molar-refractivity contribution is 6.17. The Morgan fingerprint density at radius 1 is 1.08 bits per heavy atom. The van der Waals surface area contributed by atoms with Gasteiger partial charge in [-0.25, -0.2) is 4.79 Å². The molecule has 194 valence electrons. The highest BCUT2D eigenvalue weighted by Crippen LogP contribution is 2.34. The smallest absolute Gasteiger partial charge is 0.342 e. The summed E-state index contributed by atoms with van der Waals surface area (Å²) in [6.45, 7) is 11.8. The van der Waals surface area contributed by atoms with E-state index in [2.05, 4.69) is 15.2 Å². The molecule has 9 heteroatoms. The second-order valence-electron chi connectivity index (χ2n) is 10.5. The Balaban J connectivity index is 1.51. The van der Waals surface area contributed by atoms with Gasteiger partial charge in [-0.3, -0.25) is 14.4 Å². The molecule has 0 unspecified atom stereocenters. The fraction of sp³-hybridized carbons (Fsp3) is 0.556. The Hall–Kier alpha value is -3.20. The van der Waals surface area contributed by atoms with Crippen LogP contribution < -0.4 is 4.74 Å². The molecule has 0 N–H and O–H groups in total. The number of benzene rings is 1. The van der Waals surface area contributed by atoms with Gasteiger partial charge in [0.15, 0.2) is 0 Å². The van der Waals surface area contributed by atoms with E-state index in [1.165, 1.54) is 19.3 Å². The Labute approximate surface area is 213 Å². The van der Waals surface area contributed by atoms with E-state index in [4.69, 9.17) is 9.47 Å². The average Bonchev–Trinajstić information content (AvgIpc) is 3.18. The van der Waals surface area contributed by atoms with Crippen LogP contribution in [0.15, 0.2) is 30.5 Å². The van der Waals surface area contributed by atoms with Crippen molar-refractivity contribution in [3.8, 4) is 5.75 Å². The minimum absolute atomic E-state index is 0.210. The zero-order valence-electron chi connectivity index (χ0n) is 22.0. The SMILES string of the molecule is CC(C)OC(=O)C1=CN(C(=O)c2ccc(OCCN3CCCCC3)cc2)CC(C)(C)c2c1nnn2C. The number of aromatic nitrogens is 3. The third kappa shape index (κ3) is 5.78. The molecule has 2 aliphatic rings. The maximum Gasteiger partial charge on any atom is 0.342 e. The van der Waals surface area contributed by atoms with Crippen molar-refractivity contribution in [3.63, 3.8) is 0 Å². The molecule has 1 saturated heterocycles. The van der Waals surface area contributed by atoms with Gasteiger partial charge < -0.3 is 14.4 Å². The number of carbonyl (C=O) groups is 2. The van der Waals surface area contributed by atoms with Crippen molar-refractivity contribution in [1.82, 2.24) is 24.8 Å². The highest BCUT2D eigenvalue weighted by Gasteiger charge is 2.38. The number of esters is 1. The summed E-state index contributed by atoms with van der Waals surface area (Å²) >= 11 is 0. The summed E-state index contributed by atoms with van der Waals surface area (Å²) in [6.07, 6.45) is 5.08. The highest BCUT2D eigenvalue weighted by atomic mass is 16.5. The summed E-state index contributed by atoms with van der Waals surface area (Å²) in [5.74, 6) is -0.00238. The van der Waals surface area contributed by atoms with Crippen LogP contribution in [0.25, 0.3) is 5.57 Å². The third-order valence-electron chi connectivity index (χ3n) is 6.62. The molecular formula is C27H37N5O4. The molecule has 9 nitrogen and oxygen atoms in total. The lowest BCUT2D eigenvalue weighted by atomic mass is 9.86. The van der Waals surface area contributed by atoms with Gasteiger partial charge in [-0.1, -0.05) is 25.5 Å². The van der Waals surface area contributed by atoms with E-state index in [-0.39, 0.29) is 17.6 Å². The zero-order valence-corrected chi connectivity index (χ0v) is 22.0. The van der Waals surface area contributed by atoms with Gasteiger partial charge in [0.05, 0.1) is 11.8 Å². The molecule has 0 radical (unpaired) electrons. The number of ether oxygens (including phenoxy) is 2. The molecule has 1 aromatic heterocycles. The largest absolute Gasteiger partial charge is 0.492 e. The molecule has 0 saturated carbocycles. The lowest BCUT2D eigenvalue weighted by Gasteiger charge is -2.29. The maximum atomic E-state index is 13.6. The molecule has 1 aromatic carbocycles. The van der Waals surface area contributed by atoms with Gasteiger partial charge in [-0.2, -0.15) is 0 Å². The van der Waals surface area contributed by atoms with E-state index < -0.39 is 11.4 Å². The molecule has 36 heavy (non-hydrogen) atoms. The van der Waals surface area contributed by atoms with E-state index in [0.29, 0.717) is 24.4 Å². The molecule has 0 aliphatic carbocycles. The van der Waals surface area contributed by atoms with Crippen molar-refractivity contribution in [2.75, 3.05) is 32.8 Å². The fourth-order valence-corrected chi connectivity index (χ4v) is 4.95. The van der Waals surface area contributed by atoms with E-state index >= 15 is 0 Å². The van der Waals surface area contributed by atoms with Crippen LogP contribution in [-0.4, -0.2) is 75.6 Å². The number of rotatable bonds is 7. The summed E-state index contributed by atoms with van der Waals surface area (Å²) in [7, 11) is 1.79. The summed E-state index contributed by atoms with van der Waals surface area (Å²) in [5, 5.41) is 8.38. The van der Waals surface area contributed by atoms with E-state index in [9.17, 15) is 9.59 Å². The molecule has 2 aliphatic heterocycles. The van der Waals surface area contributed by atoms with Crippen LogP contribution in [0.3, 0.4) is 0 Å². The third-order valence-corrected chi connectivity index (χ3v) is 6.62. The first-order chi connectivity index (χ1) is 17.2. The van der Waals surface area contributed by atoms with Gasteiger partial charge >= 0.3 is 5.97 Å². The number of amides is 1. The summed E-state index contributed by atoms with van der Waals surface area (Å²) < 4.78 is 13.0. The Kier molecular flexibility index (Phi) is 7.78. The summed E-state index contributed by atoms with van der Waals surface area (Å²) in [5.41, 5.74) is 1.46. The van der Waals surface area contributed by atoms with Crippen LogP contribution in [0.4, 0.5) is 0 Å². The van der Waals surface area contributed by atoms with Crippen molar-refractivity contribution >= 4 is 17.4 Å². The Bertz CT molecular complexity index is 1110. The molecule has 0 spiro atoms. The van der Waals surface area contributed by atoms with Crippen LogP contribution in [0.5, 0.6) is 5.75 Å². The normalized spacial score (nSPS) is 17.8. The minimum atomic E-state index is -0.528. The predicted molar refractivity (Wildman–Crippen MR) is 136 cm³/mol. The first-order valence-corrected chi connectivity index (χ1v) is 12.8. The zero-order chi connectivity index (χ0) is 25.9. The van der Waals surface area contributed by atoms with Crippen LogP contribution in [-0.2, 0) is 22.0 Å². The van der Waals surface area contributed by atoms with Crippen LogP contribution in [0.1, 0.15) is 68.7 Å². The molecule has 2 aromatic rings. The minimum Gasteiger partial charge on any atom is -0.492 e. The number of hydrogen-bond donors (Lipinski definition) is 0. The molecule has 0 bridgehead atoms. The number of fused-ring (bicyclic) bond motifs is 1. The second kappa shape index (κ2) is 10.8. The van der Waals surface area contributed by atoms with Crippen LogP contribution in [0, 0.1) is 0 Å². The van der Waals surface area contributed by atoms with Crippen molar-refractivity contribution in [2.24, 2.45) is 7.05 Å². The molecule has 1 amide bonds. The maximum absolute atomic E-state index is 13.6. The number of likely N-dealkylation sites (tertiary alicyclic amines) is 1. The molecular weight excluding hydrogens is 458 g/mol. The van der Waals surface area contributed by atoms with Gasteiger partial charge in [0, 0.05) is 37.3 Å². The van der Waals surface area contributed by atoms with Crippen LogP contribution in [0.2, 0.25) is 0 Å². The van der Waals surface area contributed by atoms with Gasteiger partial charge in [0.1, 0.15) is 23.6 Å². The molecule has 1 fully saturated rings. The number of piperidine rings is 1. The number of aryl methyl sites for hydroxylation is 1. The van der Waals surface area contributed by atoms with Crippen molar-refractivity contribution < 1.29 is 19.1 Å². The quantitative estimate of drug-likeness (QED) is 0.544. The lowest BCUT2D eigenvalue weighted by Crippen LogP contribution is -2.38. The molecule has 4 rings (SSSR count). The van der Waals surface area contributed by atoms with E-state index in [1.807, 2.05) is 26.0 Å². The number of carbonyl (C=O) groups excluding carboxylic acids is 2. The van der Waals surface area contributed by atoms with Gasteiger partial charge in [0.2, 0.25) is 0 Å². The van der Waals surface area contributed by atoms with E-state index in [0.717, 1.165) is 31.1 Å². The van der Waals surface area contributed by atoms with Crippen LogP contribution >= 0.6 is 0 Å². The molecule has 3 heterocycles. The monoisotopic (exact) mass is 495 g/mol. The summed E-state index contributed by atoms with van der Waals surface area (Å²) in [6, 6.07) is 7.18. The van der Waals surface area contributed by atoms with Gasteiger partial charge in [-0.15, -0.1) is 5.10 Å². The first kappa shape index (κ1) is 25.9. The Morgan fingerprint density at radius 2 is 1.78 bits per heavy atom. The van der Waals surface area contributed by atoms with Crippen molar-refractivity contribution in [1.29, 1.82) is 0 Å². The van der Waals surface area contributed by atoms with E-state index in [1.54, 1.807) is 48.8 Å². The predicted octanol–water partition coefficient (Wildman–Crippen LogP) is 3.41. The number of nitrogens with zero attached hydrogens (tertiary/aromatic N) is 5. The second-order valence-corrected chi connectivity index (χ2v) is 10.5. The first-order valence-electron chi connectivity index (χ1n) is 12.8.